The van der Waals surface area contributed by atoms with E-state index in [2.05, 4.69) is 40.7 Å². The quantitative estimate of drug-likeness (QED) is 0.639. The van der Waals surface area contributed by atoms with E-state index in [4.69, 9.17) is 4.74 Å². The number of aromatic nitrogens is 1. The number of ether oxygens (including phenoxy) is 1. The van der Waals surface area contributed by atoms with Crippen LogP contribution in [0.15, 0.2) is 43.1 Å². The summed E-state index contributed by atoms with van der Waals surface area (Å²) in [5.41, 5.74) is 3.02. The lowest BCUT2D eigenvalue weighted by Gasteiger charge is -2.40. The summed E-state index contributed by atoms with van der Waals surface area (Å²) in [7, 11) is 1.72. The Balaban J connectivity index is 1.45. The van der Waals surface area contributed by atoms with Gasteiger partial charge in [0.2, 0.25) is 0 Å². The zero-order valence-electron chi connectivity index (χ0n) is 13.5. The normalized spacial score (nSPS) is 36.9. The Labute approximate surface area is 137 Å². The van der Waals surface area contributed by atoms with Crippen molar-refractivity contribution in [2.75, 3.05) is 13.7 Å². The third kappa shape index (κ3) is 1.77. The minimum Gasteiger partial charge on any atom is -0.497 e. The Bertz CT molecular complexity index is 801. The molecule has 3 nitrogen and oxygen atoms in total. The van der Waals surface area contributed by atoms with Gasteiger partial charge in [0.05, 0.1) is 12.6 Å². The zero-order valence-corrected chi connectivity index (χ0v) is 13.5. The fraction of sp³-hybridized carbons (Fsp3) is 0.450. The van der Waals surface area contributed by atoms with Crippen molar-refractivity contribution >= 4 is 10.9 Å². The molecule has 1 spiro atoms. The Kier molecular flexibility index (Phi) is 2.70. The number of allylic oxidation sites excluding steroid dienone is 1. The second kappa shape index (κ2) is 4.57. The molecule has 2 saturated heterocycles. The SMILES string of the molecule is C=CC1CC23CN2[C@@H](Cc2ccnc4ccc(OC)cc24)CC13. The van der Waals surface area contributed by atoms with Crippen LogP contribution in [0, 0.1) is 11.8 Å². The first-order valence-corrected chi connectivity index (χ1v) is 8.56. The highest BCUT2D eigenvalue weighted by Gasteiger charge is 2.72. The molecule has 2 aromatic rings. The van der Waals surface area contributed by atoms with Crippen molar-refractivity contribution in [3.05, 3.63) is 48.7 Å². The van der Waals surface area contributed by atoms with Crippen LogP contribution < -0.4 is 4.74 Å². The van der Waals surface area contributed by atoms with Gasteiger partial charge >= 0.3 is 0 Å². The van der Waals surface area contributed by atoms with Gasteiger partial charge in [0.15, 0.2) is 0 Å². The first-order chi connectivity index (χ1) is 11.2. The highest BCUT2D eigenvalue weighted by molar-refractivity contribution is 5.83. The second-order valence-corrected chi connectivity index (χ2v) is 7.39. The third-order valence-electron chi connectivity index (χ3n) is 6.47. The summed E-state index contributed by atoms with van der Waals surface area (Å²) in [6.45, 7) is 5.33. The molecular weight excluding hydrogens is 284 g/mol. The maximum atomic E-state index is 5.40. The molecule has 3 heteroatoms. The molecule has 3 heterocycles. The monoisotopic (exact) mass is 306 g/mol. The summed E-state index contributed by atoms with van der Waals surface area (Å²) in [5, 5.41) is 1.24. The molecule has 0 bridgehead atoms. The van der Waals surface area contributed by atoms with E-state index in [0.717, 1.165) is 29.5 Å². The smallest absolute Gasteiger partial charge is 0.119 e. The van der Waals surface area contributed by atoms with Crippen molar-refractivity contribution in [2.45, 2.75) is 30.8 Å². The predicted molar refractivity (Wildman–Crippen MR) is 91.6 cm³/mol. The number of methoxy groups -OCH3 is 1. The summed E-state index contributed by atoms with van der Waals surface area (Å²) in [6.07, 6.45) is 7.90. The van der Waals surface area contributed by atoms with E-state index < -0.39 is 0 Å². The van der Waals surface area contributed by atoms with Gasteiger partial charge in [0.1, 0.15) is 5.75 Å². The first kappa shape index (κ1) is 13.6. The summed E-state index contributed by atoms with van der Waals surface area (Å²) < 4.78 is 5.40. The third-order valence-corrected chi connectivity index (χ3v) is 6.47. The van der Waals surface area contributed by atoms with Gasteiger partial charge in [0.25, 0.3) is 0 Å². The van der Waals surface area contributed by atoms with Crippen molar-refractivity contribution in [3.8, 4) is 5.75 Å². The fourth-order valence-corrected chi connectivity index (χ4v) is 5.20. The molecule has 0 radical (unpaired) electrons. The molecule has 5 rings (SSSR count). The van der Waals surface area contributed by atoms with Gasteiger partial charge in [-0.15, -0.1) is 6.58 Å². The minimum absolute atomic E-state index is 0.560. The van der Waals surface area contributed by atoms with Crippen molar-refractivity contribution < 1.29 is 4.74 Å². The van der Waals surface area contributed by atoms with Crippen molar-refractivity contribution in [1.29, 1.82) is 0 Å². The minimum atomic E-state index is 0.560. The highest BCUT2D eigenvalue weighted by Crippen LogP contribution is 2.65. The van der Waals surface area contributed by atoms with Gasteiger partial charge in [-0.3, -0.25) is 9.88 Å². The van der Waals surface area contributed by atoms with Crippen molar-refractivity contribution in [1.82, 2.24) is 9.88 Å². The molecule has 3 fully saturated rings. The second-order valence-electron chi connectivity index (χ2n) is 7.39. The van der Waals surface area contributed by atoms with Gasteiger partial charge in [-0.05, 0) is 60.9 Å². The van der Waals surface area contributed by atoms with Gasteiger partial charge in [-0.1, -0.05) is 6.08 Å². The molecule has 23 heavy (non-hydrogen) atoms. The number of piperidine rings is 1. The van der Waals surface area contributed by atoms with Crippen LogP contribution in [0.2, 0.25) is 0 Å². The highest BCUT2D eigenvalue weighted by atomic mass is 16.5. The molecule has 5 atom stereocenters. The largest absolute Gasteiger partial charge is 0.497 e. The van der Waals surface area contributed by atoms with Crippen molar-refractivity contribution in [3.63, 3.8) is 0 Å². The van der Waals surface area contributed by atoms with E-state index in [9.17, 15) is 0 Å². The van der Waals surface area contributed by atoms with Gasteiger partial charge in [-0.25, -0.2) is 0 Å². The molecule has 1 aromatic heterocycles. The lowest BCUT2D eigenvalue weighted by Crippen LogP contribution is -2.42. The molecule has 1 aromatic carbocycles. The standard InChI is InChI=1S/C20H22N2O/c1-3-13-11-20-12-22(20)15(9-18(13)20)8-14-6-7-21-19-5-4-16(23-2)10-17(14)19/h3-7,10,13,15,18H,1,8-9,11-12H2,2H3/t13?,15-,18?,20?,22?/m0/s1. The summed E-state index contributed by atoms with van der Waals surface area (Å²) >= 11 is 0. The van der Waals surface area contributed by atoms with E-state index in [1.165, 1.54) is 30.3 Å². The molecule has 118 valence electrons. The van der Waals surface area contributed by atoms with Crippen LogP contribution in [0.25, 0.3) is 10.9 Å². The van der Waals surface area contributed by atoms with Gasteiger partial charge in [0, 0.05) is 29.7 Å². The van der Waals surface area contributed by atoms with Crippen LogP contribution in [0.4, 0.5) is 0 Å². The Hall–Kier alpha value is -1.87. The molecule has 4 unspecified atom stereocenters. The van der Waals surface area contributed by atoms with Crippen LogP contribution in [-0.4, -0.2) is 35.1 Å². The van der Waals surface area contributed by atoms with Crippen LogP contribution >= 0.6 is 0 Å². The molecule has 3 aliphatic rings. The lowest BCUT2D eigenvalue weighted by molar-refractivity contribution is 0.157. The zero-order chi connectivity index (χ0) is 15.6. The maximum Gasteiger partial charge on any atom is 0.119 e. The Morgan fingerprint density at radius 1 is 1.43 bits per heavy atom. The molecule has 0 amide bonds. The number of benzene rings is 1. The molecular formula is C20H22N2O. The number of fused-ring (bicyclic) bond motifs is 1. The van der Waals surface area contributed by atoms with E-state index in [0.29, 0.717) is 11.6 Å². The van der Waals surface area contributed by atoms with Gasteiger partial charge < -0.3 is 4.74 Å². The van der Waals surface area contributed by atoms with Crippen molar-refractivity contribution in [2.24, 2.45) is 11.8 Å². The number of pyridine rings is 1. The molecule has 1 saturated carbocycles. The lowest BCUT2D eigenvalue weighted by atomic mass is 9.63. The number of hydrogen-bond donors (Lipinski definition) is 0. The van der Waals surface area contributed by atoms with E-state index in [1.807, 2.05) is 12.3 Å². The average molecular weight is 306 g/mol. The maximum absolute atomic E-state index is 5.40. The fourth-order valence-electron chi connectivity index (χ4n) is 5.20. The van der Waals surface area contributed by atoms with Crippen LogP contribution in [0.1, 0.15) is 18.4 Å². The first-order valence-electron chi connectivity index (χ1n) is 8.56. The average Bonchev–Trinajstić information content (AvgIpc) is 3.28. The molecule has 0 N–H and O–H groups in total. The van der Waals surface area contributed by atoms with E-state index >= 15 is 0 Å². The molecule has 1 aliphatic carbocycles. The summed E-state index contributed by atoms with van der Waals surface area (Å²) in [4.78, 5) is 7.25. The van der Waals surface area contributed by atoms with E-state index in [-0.39, 0.29) is 0 Å². The summed E-state index contributed by atoms with van der Waals surface area (Å²) in [5.74, 6) is 2.51. The van der Waals surface area contributed by atoms with Crippen LogP contribution in [0.5, 0.6) is 5.75 Å². The molecule has 2 aliphatic heterocycles. The summed E-state index contributed by atoms with van der Waals surface area (Å²) in [6, 6.07) is 9.04. The number of hydrogen-bond acceptors (Lipinski definition) is 3. The van der Waals surface area contributed by atoms with E-state index in [1.54, 1.807) is 7.11 Å². The number of nitrogens with zero attached hydrogens (tertiary/aromatic N) is 2. The van der Waals surface area contributed by atoms with Crippen LogP contribution in [0.3, 0.4) is 0 Å². The topological polar surface area (TPSA) is 25.1 Å². The number of rotatable bonds is 4. The van der Waals surface area contributed by atoms with Gasteiger partial charge in [-0.2, -0.15) is 0 Å². The Morgan fingerprint density at radius 3 is 3.17 bits per heavy atom. The Morgan fingerprint density at radius 2 is 2.35 bits per heavy atom. The van der Waals surface area contributed by atoms with Crippen LogP contribution in [-0.2, 0) is 6.42 Å². The predicted octanol–water partition coefficient (Wildman–Crippen LogP) is 3.43.